The number of aromatic nitrogens is 2. The van der Waals surface area contributed by atoms with Crippen molar-refractivity contribution in [1.82, 2.24) is 14.9 Å². The molecule has 0 saturated carbocycles. The lowest BCUT2D eigenvalue weighted by atomic mass is 10.1. The minimum atomic E-state index is -4.37. The molecule has 27 heavy (non-hydrogen) atoms. The van der Waals surface area contributed by atoms with Crippen LogP contribution in [0.3, 0.4) is 0 Å². The van der Waals surface area contributed by atoms with Crippen LogP contribution in [0.1, 0.15) is 19.4 Å². The summed E-state index contributed by atoms with van der Waals surface area (Å²) in [5.74, 6) is -0.886. The van der Waals surface area contributed by atoms with Gasteiger partial charge in [0.2, 0.25) is 0 Å². The zero-order valence-corrected chi connectivity index (χ0v) is 16.2. The van der Waals surface area contributed by atoms with Crippen molar-refractivity contribution in [3.8, 4) is 11.8 Å². The number of nitro groups is 1. The quantitative estimate of drug-likeness (QED) is 0.382. The molecule has 1 unspecified atom stereocenters. The van der Waals surface area contributed by atoms with Crippen molar-refractivity contribution in [3.63, 3.8) is 0 Å². The van der Waals surface area contributed by atoms with E-state index >= 15 is 0 Å². The van der Waals surface area contributed by atoms with Gasteiger partial charge in [-0.25, -0.2) is 9.97 Å². The van der Waals surface area contributed by atoms with E-state index < -0.39 is 18.3 Å². The first kappa shape index (κ1) is 21.0. The summed E-state index contributed by atoms with van der Waals surface area (Å²) in [4.78, 5) is 39.7. The van der Waals surface area contributed by atoms with Crippen molar-refractivity contribution < 1.29 is 28.7 Å². The highest BCUT2D eigenvalue weighted by atomic mass is 31.2. The van der Waals surface area contributed by atoms with Crippen LogP contribution in [0.4, 0.5) is 5.69 Å². The Balaban J connectivity index is 2.65. The third kappa shape index (κ3) is 4.51. The fourth-order valence-electron chi connectivity index (χ4n) is 2.61. The number of nitrogens with zero attached hydrogens (tertiary/aromatic N) is 4. The number of rotatable bonds is 8. The molecule has 1 aromatic heterocycles. The molecule has 0 fully saturated rings. The normalized spacial score (nSPS) is 13.0. The predicted octanol–water partition coefficient (Wildman–Crippen LogP) is 1.90. The summed E-state index contributed by atoms with van der Waals surface area (Å²) in [5.41, 5.74) is 0.736. The number of nitro benzene ring substituents is 1. The first-order valence-electron chi connectivity index (χ1n) is 7.98. The Bertz CT molecular complexity index is 901. The largest absolute Gasteiger partial charge is 0.477 e. The zero-order chi connectivity index (χ0) is 20.4. The van der Waals surface area contributed by atoms with Gasteiger partial charge in [-0.2, -0.15) is 0 Å². The van der Waals surface area contributed by atoms with E-state index in [0.717, 1.165) is 0 Å². The van der Waals surface area contributed by atoms with E-state index in [1.807, 2.05) is 0 Å². The molecule has 148 valence electrons. The standard InChI is InChI=1S/C15H21N4O7P/c1-5-18(9(2)27(22,23)24)8-10-6-11(19(20)21)7-12-13(10)17-15(26-4)14(16-12)25-3/h6-7,9H,5,8H2,1-4H3,(H2,22,23,24). The zero-order valence-electron chi connectivity index (χ0n) is 15.3. The number of methoxy groups -OCH3 is 2. The third-order valence-corrected chi connectivity index (χ3v) is 5.46. The van der Waals surface area contributed by atoms with Crippen molar-refractivity contribution in [2.45, 2.75) is 26.2 Å². The molecular weight excluding hydrogens is 379 g/mol. The molecule has 2 rings (SSSR count). The number of non-ortho nitro benzene ring substituents is 1. The van der Waals surface area contributed by atoms with Crippen molar-refractivity contribution in [2.24, 2.45) is 0 Å². The molecular formula is C15H21N4O7P. The van der Waals surface area contributed by atoms with Gasteiger partial charge < -0.3 is 19.3 Å². The molecule has 0 aliphatic carbocycles. The SMILES string of the molecule is CCN(Cc1cc([N+](=O)[O-])cc2nc(OC)c(OC)nc12)C(C)P(=O)(O)O. The second-order valence-electron chi connectivity index (χ2n) is 5.76. The minimum absolute atomic E-state index is 0.0329. The fourth-order valence-corrected chi connectivity index (χ4v) is 3.28. The maximum Gasteiger partial charge on any atom is 0.342 e. The fraction of sp³-hybridized carbons (Fsp3) is 0.467. The third-order valence-electron chi connectivity index (χ3n) is 4.16. The Labute approximate surface area is 155 Å². The molecule has 1 heterocycles. The van der Waals surface area contributed by atoms with Crippen LogP contribution in [0, 0.1) is 10.1 Å². The van der Waals surface area contributed by atoms with Gasteiger partial charge in [0.15, 0.2) is 0 Å². The van der Waals surface area contributed by atoms with Gasteiger partial charge in [-0.1, -0.05) is 6.92 Å². The molecule has 0 aliphatic rings. The number of benzene rings is 1. The Kier molecular flexibility index (Phi) is 6.32. The summed E-state index contributed by atoms with van der Waals surface area (Å²) in [6, 6.07) is 2.58. The summed E-state index contributed by atoms with van der Waals surface area (Å²) < 4.78 is 21.9. The number of ether oxygens (including phenoxy) is 2. The van der Waals surface area contributed by atoms with Gasteiger partial charge in [0, 0.05) is 24.2 Å². The van der Waals surface area contributed by atoms with E-state index in [1.165, 1.54) is 38.2 Å². The van der Waals surface area contributed by atoms with Crippen molar-refractivity contribution in [3.05, 3.63) is 27.8 Å². The topological polar surface area (TPSA) is 148 Å². The van der Waals surface area contributed by atoms with Crippen LogP contribution in [0.5, 0.6) is 11.8 Å². The predicted molar refractivity (Wildman–Crippen MR) is 96.9 cm³/mol. The summed E-state index contributed by atoms with van der Waals surface area (Å²) >= 11 is 0. The van der Waals surface area contributed by atoms with Gasteiger partial charge in [-0.15, -0.1) is 0 Å². The van der Waals surface area contributed by atoms with Crippen LogP contribution in [0.25, 0.3) is 11.0 Å². The lowest BCUT2D eigenvalue weighted by Gasteiger charge is -2.28. The molecule has 0 radical (unpaired) electrons. The van der Waals surface area contributed by atoms with Gasteiger partial charge in [0.25, 0.3) is 17.4 Å². The van der Waals surface area contributed by atoms with Crippen LogP contribution >= 0.6 is 7.60 Å². The summed E-state index contributed by atoms with van der Waals surface area (Å²) in [5, 5.41) is 11.3. The van der Waals surface area contributed by atoms with Crippen molar-refractivity contribution in [1.29, 1.82) is 0 Å². The maximum atomic E-state index is 11.6. The molecule has 0 spiro atoms. The molecule has 1 atom stereocenters. The summed E-state index contributed by atoms with van der Waals surface area (Å²) in [7, 11) is -1.62. The first-order chi connectivity index (χ1) is 12.6. The maximum absolute atomic E-state index is 11.6. The van der Waals surface area contributed by atoms with Crippen molar-refractivity contribution >= 4 is 24.3 Å². The number of hydrogen-bond donors (Lipinski definition) is 2. The summed E-state index contributed by atoms with van der Waals surface area (Å²) in [6.07, 6.45) is 0. The van der Waals surface area contributed by atoms with E-state index in [4.69, 9.17) is 9.47 Å². The Hall–Kier alpha value is -2.33. The molecule has 0 amide bonds. The molecule has 0 saturated heterocycles. The van der Waals surface area contributed by atoms with E-state index in [2.05, 4.69) is 9.97 Å². The summed E-state index contributed by atoms with van der Waals surface area (Å²) in [6.45, 7) is 3.49. The van der Waals surface area contributed by atoms with E-state index in [-0.39, 0.29) is 29.5 Å². The van der Waals surface area contributed by atoms with Gasteiger partial charge >= 0.3 is 7.60 Å². The number of fused-ring (bicyclic) bond motifs is 1. The van der Waals surface area contributed by atoms with Gasteiger partial charge in [0.05, 0.1) is 24.7 Å². The highest BCUT2D eigenvalue weighted by molar-refractivity contribution is 7.52. The van der Waals surface area contributed by atoms with Gasteiger partial charge in [-0.05, 0) is 13.5 Å². The van der Waals surface area contributed by atoms with Crippen LogP contribution in [-0.2, 0) is 11.1 Å². The molecule has 2 N–H and O–H groups in total. The molecule has 12 heteroatoms. The first-order valence-corrected chi connectivity index (χ1v) is 9.66. The second-order valence-corrected chi connectivity index (χ2v) is 7.68. The van der Waals surface area contributed by atoms with E-state index in [9.17, 15) is 24.5 Å². The van der Waals surface area contributed by atoms with Crippen LogP contribution in [0.2, 0.25) is 0 Å². The van der Waals surface area contributed by atoms with Crippen LogP contribution in [0.15, 0.2) is 12.1 Å². The van der Waals surface area contributed by atoms with Crippen LogP contribution < -0.4 is 9.47 Å². The van der Waals surface area contributed by atoms with Crippen LogP contribution in [-0.4, -0.2) is 56.1 Å². The molecule has 11 nitrogen and oxygen atoms in total. The number of hydrogen-bond acceptors (Lipinski definition) is 8. The van der Waals surface area contributed by atoms with Gasteiger partial charge in [0.1, 0.15) is 11.3 Å². The highest BCUT2D eigenvalue weighted by Gasteiger charge is 2.30. The Morgan fingerprint density at radius 2 is 1.85 bits per heavy atom. The Morgan fingerprint density at radius 3 is 2.33 bits per heavy atom. The second kappa shape index (κ2) is 8.13. The van der Waals surface area contributed by atoms with Gasteiger partial charge in [-0.3, -0.25) is 19.6 Å². The van der Waals surface area contributed by atoms with E-state index in [1.54, 1.807) is 6.92 Å². The lowest BCUT2D eigenvalue weighted by Crippen LogP contribution is -2.32. The average Bonchev–Trinajstić information content (AvgIpc) is 2.62. The average molecular weight is 400 g/mol. The smallest absolute Gasteiger partial charge is 0.342 e. The molecule has 0 aliphatic heterocycles. The molecule has 0 bridgehead atoms. The minimum Gasteiger partial charge on any atom is -0.477 e. The lowest BCUT2D eigenvalue weighted by molar-refractivity contribution is -0.384. The van der Waals surface area contributed by atoms with E-state index in [0.29, 0.717) is 17.6 Å². The van der Waals surface area contributed by atoms with Crippen molar-refractivity contribution in [2.75, 3.05) is 20.8 Å². The monoisotopic (exact) mass is 400 g/mol. The Morgan fingerprint density at radius 1 is 1.26 bits per heavy atom. The molecule has 1 aromatic carbocycles. The molecule has 2 aromatic rings. The highest BCUT2D eigenvalue weighted by Crippen LogP contribution is 2.43.